The number of unbranched alkanes of at least 4 members (excludes halogenated alkanes) is 28. The average molecular weight is 911 g/mol. The number of carbonyl (C=O) groups is 2. The second kappa shape index (κ2) is 52.5. The maximum atomic E-state index is 13.2. The van der Waals surface area contributed by atoms with Gasteiger partial charge in [-0.1, -0.05) is 236 Å². The van der Waals surface area contributed by atoms with Gasteiger partial charge in [0.15, 0.2) is 0 Å². The largest absolute Gasteiger partial charge is 0.462 e. The highest BCUT2D eigenvalue weighted by Gasteiger charge is 2.24. The summed E-state index contributed by atoms with van der Waals surface area (Å²) in [5.41, 5.74) is 0. The Hall–Kier alpha value is -2.44. The lowest BCUT2D eigenvalue weighted by molar-refractivity contribution is -0.151. The van der Waals surface area contributed by atoms with Crippen LogP contribution in [0.1, 0.15) is 278 Å². The van der Waals surface area contributed by atoms with Crippen LogP contribution in [0.4, 0.5) is 0 Å². The molecule has 0 aromatic heterocycles. The normalized spacial score (nSPS) is 13.6. The van der Waals surface area contributed by atoms with Crippen LogP contribution in [0.15, 0.2) is 60.8 Å². The van der Waals surface area contributed by atoms with Crippen molar-refractivity contribution in [2.24, 2.45) is 0 Å². The van der Waals surface area contributed by atoms with Gasteiger partial charge in [0, 0.05) is 6.42 Å². The summed E-state index contributed by atoms with van der Waals surface area (Å²) in [6.07, 6.45) is 65.7. The van der Waals surface area contributed by atoms with Crippen LogP contribution in [0.25, 0.3) is 0 Å². The third-order valence-corrected chi connectivity index (χ3v) is 12.6. The van der Waals surface area contributed by atoms with Crippen molar-refractivity contribution in [3.05, 3.63) is 60.8 Å². The molecular weight excluding hydrogens is 803 g/mol. The third kappa shape index (κ3) is 47.8. The summed E-state index contributed by atoms with van der Waals surface area (Å²) < 4.78 is 5.94. The zero-order valence-electron chi connectivity index (χ0n) is 43.1. The molecule has 0 radical (unpaired) electrons. The standard InChI is InChI=1S/C59H107NO5/c1-4-7-10-13-16-19-22-25-27-28-29-30-32-34-37-40-43-46-49-52-59(64)65-55(50-47-44-41-38-35-24-21-18-15-12-9-6-3)53-58(63)60-56(54-61)57(62)51-48-45-42-39-36-33-31-26-23-20-17-14-11-8-5-2/h9,12,16,18-19,21,25,27,29-30,55-57,61-62H,4-8,10-11,13-15,17,20,22-24,26,28,31-54H2,1-3H3,(H,60,63)/b12-9+,19-16-,21-18+,27-25-,30-29-. The van der Waals surface area contributed by atoms with Gasteiger partial charge in [-0.05, 0) is 89.9 Å². The number of rotatable bonds is 50. The SMILES string of the molecule is CC/C=C/C/C=C/CCCCCCCC(CC(=O)NC(CO)C(O)CCCCCCCCCCCCCCCCC)OC(=O)CCCCCCCC/C=C\C/C=C\C/C=C\CCCCC. The number of amides is 1. The van der Waals surface area contributed by atoms with Gasteiger partial charge in [0.2, 0.25) is 5.91 Å². The summed E-state index contributed by atoms with van der Waals surface area (Å²) in [5.74, 6) is -0.498. The zero-order chi connectivity index (χ0) is 47.4. The molecule has 3 unspecified atom stereocenters. The highest BCUT2D eigenvalue weighted by Crippen LogP contribution is 2.18. The molecule has 3 atom stereocenters. The predicted molar refractivity (Wildman–Crippen MR) is 282 cm³/mol. The first-order valence-electron chi connectivity index (χ1n) is 28.0. The lowest BCUT2D eigenvalue weighted by atomic mass is 10.0. The van der Waals surface area contributed by atoms with Gasteiger partial charge in [-0.25, -0.2) is 0 Å². The van der Waals surface area contributed by atoms with E-state index in [1.54, 1.807) is 0 Å². The van der Waals surface area contributed by atoms with Crippen LogP contribution in [-0.4, -0.2) is 46.9 Å². The monoisotopic (exact) mass is 910 g/mol. The fourth-order valence-electron chi connectivity index (χ4n) is 8.36. The molecule has 3 N–H and O–H groups in total. The minimum atomic E-state index is -0.795. The number of allylic oxidation sites excluding steroid dienone is 10. The van der Waals surface area contributed by atoms with Crippen molar-refractivity contribution in [3.8, 4) is 0 Å². The second-order valence-corrected chi connectivity index (χ2v) is 19.0. The van der Waals surface area contributed by atoms with Gasteiger partial charge >= 0.3 is 5.97 Å². The molecule has 6 nitrogen and oxygen atoms in total. The molecule has 0 saturated heterocycles. The lowest BCUT2D eigenvalue weighted by Gasteiger charge is -2.24. The van der Waals surface area contributed by atoms with Gasteiger partial charge in [-0.2, -0.15) is 0 Å². The smallest absolute Gasteiger partial charge is 0.306 e. The molecule has 0 spiro atoms. The van der Waals surface area contributed by atoms with Gasteiger partial charge in [0.1, 0.15) is 6.10 Å². The zero-order valence-corrected chi connectivity index (χ0v) is 43.1. The Morgan fingerprint density at radius 1 is 0.462 bits per heavy atom. The fraction of sp³-hybridized carbons (Fsp3) is 0.797. The van der Waals surface area contributed by atoms with E-state index in [0.29, 0.717) is 19.3 Å². The minimum Gasteiger partial charge on any atom is -0.462 e. The number of ether oxygens (including phenoxy) is 1. The Morgan fingerprint density at radius 2 is 0.831 bits per heavy atom. The molecule has 0 bridgehead atoms. The van der Waals surface area contributed by atoms with E-state index in [0.717, 1.165) is 96.3 Å². The molecule has 0 aliphatic heterocycles. The molecule has 0 fully saturated rings. The van der Waals surface area contributed by atoms with Crippen LogP contribution < -0.4 is 5.32 Å². The number of hydrogen-bond acceptors (Lipinski definition) is 5. The van der Waals surface area contributed by atoms with Gasteiger partial charge < -0.3 is 20.3 Å². The highest BCUT2D eigenvalue weighted by molar-refractivity contribution is 5.77. The Bertz CT molecular complexity index is 1160. The van der Waals surface area contributed by atoms with E-state index < -0.39 is 18.2 Å². The Balaban J connectivity index is 4.53. The van der Waals surface area contributed by atoms with E-state index in [1.165, 1.54) is 135 Å². The number of aliphatic hydroxyl groups is 2. The minimum absolute atomic E-state index is 0.0620. The molecule has 378 valence electrons. The topological polar surface area (TPSA) is 95.9 Å². The summed E-state index contributed by atoms with van der Waals surface area (Å²) in [5, 5.41) is 23.8. The van der Waals surface area contributed by atoms with Crippen molar-refractivity contribution in [1.82, 2.24) is 5.32 Å². The summed E-state index contributed by atoms with van der Waals surface area (Å²) in [7, 11) is 0. The lowest BCUT2D eigenvalue weighted by Crippen LogP contribution is -2.46. The van der Waals surface area contributed by atoms with Crippen LogP contribution in [0.5, 0.6) is 0 Å². The van der Waals surface area contributed by atoms with Crippen LogP contribution >= 0.6 is 0 Å². The molecule has 0 saturated carbocycles. The number of nitrogens with one attached hydrogen (secondary N) is 1. The maximum Gasteiger partial charge on any atom is 0.306 e. The Morgan fingerprint density at radius 3 is 1.29 bits per heavy atom. The van der Waals surface area contributed by atoms with Gasteiger partial charge in [0.05, 0.1) is 25.2 Å². The summed E-state index contributed by atoms with van der Waals surface area (Å²) in [4.78, 5) is 26.2. The first-order valence-corrected chi connectivity index (χ1v) is 28.0. The summed E-state index contributed by atoms with van der Waals surface area (Å²) in [6.45, 7) is 6.36. The van der Waals surface area contributed by atoms with Crippen LogP contribution in [0, 0.1) is 0 Å². The molecule has 0 aliphatic carbocycles. The van der Waals surface area contributed by atoms with Gasteiger partial charge in [-0.3, -0.25) is 9.59 Å². The van der Waals surface area contributed by atoms with Crippen molar-refractivity contribution in [2.45, 2.75) is 296 Å². The number of carbonyl (C=O) groups excluding carboxylic acids is 2. The van der Waals surface area contributed by atoms with Crippen molar-refractivity contribution in [2.75, 3.05) is 6.61 Å². The number of aliphatic hydroxyl groups excluding tert-OH is 2. The molecule has 0 aromatic rings. The van der Waals surface area contributed by atoms with Crippen molar-refractivity contribution in [3.63, 3.8) is 0 Å². The molecule has 0 aromatic carbocycles. The van der Waals surface area contributed by atoms with Crippen LogP contribution in [-0.2, 0) is 14.3 Å². The van der Waals surface area contributed by atoms with E-state index in [-0.39, 0.29) is 24.9 Å². The second-order valence-electron chi connectivity index (χ2n) is 19.0. The van der Waals surface area contributed by atoms with E-state index in [1.807, 2.05) is 0 Å². The molecule has 0 aliphatic rings. The Kier molecular flexibility index (Phi) is 50.6. The number of esters is 1. The molecule has 6 heteroatoms. The van der Waals surface area contributed by atoms with Crippen LogP contribution in [0.3, 0.4) is 0 Å². The third-order valence-electron chi connectivity index (χ3n) is 12.6. The highest BCUT2D eigenvalue weighted by atomic mass is 16.5. The first-order chi connectivity index (χ1) is 32.0. The summed E-state index contributed by atoms with van der Waals surface area (Å²) >= 11 is 0. The fourth-order valence-corrected chi connectivity index (χ4v) is 8.36. The quantitative estimate of drug-likeness (QED) is 0.0321. The molecule has 0 rings (SSSR count). The average Bonchev–Trinajstić information content (AvgIpc) is 3.30. The van der Waals surface area contributed by atoms with Gasteiger partial charge in [0.25, 0.3) is 0 Å². The van der Waals surface area contributed by atoms with E-state index >= 15 is 0 Å². The van der Waals surface area contributed by atoms with E-state index in [2.05, 4.69) is 86.8 Å². The summed E-state index contributed by atoms with van der Waals surface area (Å²) in [6, 6.07) is -0.710. The molecule has 1 amide bonds. The number of hydrogen-bond donors (Lipinski definition) is 3. The van der Waals surface area contributed by atoms with Crippen LogP contribution in [0.2, 0.25) is 0 Å². The maximum absolute atomic E-state index is 13.2. The van der Waals surface area contributed by atoms with Crippen molar-refractivity contribution >= 4 is 11.9 Å². The van der Waals surface area contributed by atoms with Gasteiger partial charge in [-0.15, -0.1) is 0 Å². The predicted octanol–water partition coefficient (Wildman–Crippen LogP) is 17.2. The van der Waals surface area contributed by atoms with Crippen molar-refractivity contribution < 1.29 is 24.5 Å². The van der Waals surface area contributed by atoms with E-state index in [4.69, 9.17) is 4.74 Å². The Labute approximate surface area is 403 Å². The molecular formula is C59H107NO5. The van der Waals surface area contributed by atoms with E-state index in [9.17, 15) is 19.8 Å². The molecule has 0 heterocycles. The van der Waals surface area contributed by atoms with Crippen molar-refractivity contribution in [1.29, 1.82) is 0 Å². The molecule has 65 heavy (non-hydrogen) atoms. The first kappa shape index (κ1) is 62.6.